The fraction of sp³-hybridized carbons (Fsp3) is 0.562. The van der Waals surface area contributed by atoms with Crippen LogP contribution in [0.4, 0.5) is 14.9 Å². The van der Waals surface area contributed by atoms with Crippen LogP contribution in [0.3, 0.4) is 0 Å². The summed E-state index contributed by atoms with van der Waals surface area (Å²) in [6.45, 7) is 3.23. The Kier molecular flexibility index (Phi) is 5.99. The molecule has 3 N–H and O–H groups in total. The van der Waals surface area contributed by atoms with E-state index in [1.54, 1.807) is 12.1 Å². The van der Waals surface area contributed by atoms with Crippen LogP contribution in [0, 0.1) is 5.82 Å². The number of halogens is 1. The maximum absolute atomic E-state index is 12.8. The number of carbonyl (C=O) groups excluding carboxylic acids is 1. The highest BCUT2D eigenvalue weighted by Gasteiger charge is 2.21. The van der Waals surface area contributed by atoms with E-state index < -0.39 is 0 Å². The summed E-state index contributed by atoms with van der Waals surface area (Å²) >= 11 is 0. The summed E-state index contributed by atoms with van der Waals surface area (Å²) in [4.78, 5) is 11.9. The maximum atomic E-state index is 12.8. The van der Waals surface area contributed by atoms with Gasteiger partial charge in [-0.05, 0) is 62.9 Å². The van der Waals surface area contributed by atoms with Crippen LogP contribution in [0.2, 0.25) is 0 Å². The van der Waals surface area contributed by atoms with Crippen LogP contribution in [0.15, 0.2) is 24.3 Å². The molecule has 0 unspecified atom stereocenters. The molecule has 0 aromatic heterocycles. The summed E-state index contributed by atoms with van der Waals surface area (Å²) in [5.74, 6) is -0.307. The molecule has 2 rings (SSSR count). The summed E-state index contributed by atoms with van der Waals surface area (Å²) in [5.41, 5.74) is 0.604. The third-order valence-corrected chi connectivity index (χ3v) is 3.85. The standard InChI is InChI=1S/C16H24FN3O/c1-2-11-18-13-7-9-15(10-8-13)20-16(21)19-14-5-3-12(17)4-6-14/h3-6,13,15,18H,2,7-11H2,1H3,(H2,19,20,21). The number of urea groups is 1. The Hall–Kier alpha value is -1.62. The van der Waals surface area contributed by atoms with E-state index in [-0.39, 0.29) is 17.9 Å². The summed E-state index contributed by atoms with van der Waals surface area (Å²) in [6, 6.07) is 6.38. The SMILES string of the molecule is CCCNC1CCC(NC(=O)Nc2ccc(F)cc2)CC1. The van der Waals surface area contributed by atoms with E-state index in [0.29, 0.717) is 11.7 Å². The van der Waals surface area contributed by atoms with Gasteiger partial charge in [0.05, 0.1) is 0 Å². The minimum Gasteiger partial charge on any atom is -0.335 e. The van der Waals surface area contributed by atoms with Crippen molar-refractivity contribution in [1.29, 1.82) is 0 Å². The van der Waals surface area contributed by atoms with E-state index in [9.17, 15) is 9.18 Å². The first-order chi connectivity index (χ1) is 10.2. The van der Waals surface area contributed by atoms with Crippen molar-refractivity contribution < 1.29 is 9.18 Å². The molecule has 0 saturated heterocycles. The molecule has 1 aliphatic carbocycles. The lowest BCUT2D eigenvalue weighted by molar-refractivity contribution is 0.240. The molecule has 116 valence electrons. The van der Waals surface area contributed by atoms with Crippen molar-refractivity contribution in [3.05, 3.63) is 30.1 Å². The fourth-order valence-electron chi connectivity index (χ4n) is 2.68. The molecule has 2 amide bonds. The van der Waals surface area contributed by atoms with E-state index in [1.165, 1.54) is 12.1 Å². The molecule has 0 bridgehead atoms. The number of rotatable bonds is 5. The van der Waals surface area contributed by atoms with Gasteiger partial charge in [-0.1, -0.05) is 6.92 Å². The minimum atomic E-state index is -0.307. The first-order valence-electron chi connectivity index (χ1n) is 7.74. The molecular weight excluding hydrogens is 269 g/mol. The van der Waals surface area contributed by atoms with Crippen LogP contribution in [-0.2, 0) is 0 Å². The second-order valence-corrected chi connectivity index (χ2v) is 5.61. The zero-order valence-corrected chi connectivity index (χ0v) is 12.5. The predicted octanol–water partition coefficient (Wildman–Crippen LogP) is 3.26. The molecule has 5 heteroatoms. The molecule has 4 nitrogen and oxygen atoms in total. The molecule has 1 aromatic rings. The van der Waals surface area contributed by atoms with Crippen molar-refractivity contribution in [3.8, 4) is 0 Å². The Morgan fingerprint density at radius 1 is 1.14 bits per heavy atom. The van der Waals surface area contributed by atoms with Gasteiger partial charge < -0.3 is 16.0 Å². The van der Waals surface area contributed by atoms with E-state index >= 15 is 0 Å². The Morgan fingerprint density at radius 2 is 1.76 bits per heavy atom. The van der Waals surface area contributed by atoms with Gasteiger partial charge in [-0.2, -0.15) is 0 Å². The van der Waals surface area contributed by atoms with E-state index in [1.807, 2.05) is 0 Å². The average molecular weight is 293 g/mol. The zero-order chi connectivity index (χ0) is 15.1. The van der Waals surface area contributed by atoms with Crippen molar-refractivity contribution in [2.75, 3.05) is 11.9 Å². The summed E-state index contributed by atoms with van der Waals surface area (Å²) < 4.78 is 12.8. The van der Waals surface area contributed by atoms with Gasteiger partial charge in [0, 0.05) is 17.8 Å². The molecule has 21 heavy (non-hydrogen) atoms. The summed E-state index contributed by atoms with van der Waals surface area (Å²) in [6.07, 6.45) is 5.34. The minimum absolute atomic E-state index is 0.216. The average Bonchev–Trinajstić information content (AvgIpc) is 2.49. The quantitative estimate of drug-likeness (QED) is 0.780. The van der Waals surface area contributed by atoms with Crippen LogP contribution in [-0.4, -0.2) is 24.7 Å². The van der Waals surface area contributed by atoms with Crippen LogP contribution in [0.5, 0.6) is 0 Å². The molecule has 0 aliphatic heterocycles. The zero-order valence-electron chi connectivity index (χ0n) is 12.5. The molecule has 1 fully saturated rings. The van der Waals surface area contributed by atoms with Gasteiger partial charge in [0.1, 0.15) is 5.82 Å². The molecule has 0 heterocycles. The van der Waals surface area contributed by atoms with Crippen molar-refractivity contribution in [1.82, 2.24) is 10.6 Å². The van der Waals surface area contributed by atoms with Crippen molar-refractivity contribution >= 4 is 11.7 Å². The Bertz CT molecular complexity index is 441. The third kappa shape index (κ3) is 5.34. The smallest absolute Gasteiger partial charge is 0.319 e. The summed E-state index contributed by atoms with van der Waals surface area (Å²) in [5, 5.41) is 9.24. The highest BCUT2D eigenvalue weighted by Crippen LogP contribution is 2.19. The molecule has 0 radical (unpaired) electrons. The third-order valence-electron chi connectivity index (χ3n) is 3.85. The normalized spacial score (nSPS) is 21.8. The van der Waals surface area contributed by atoms with Crippen LogP contribution in [0.1, 0.15) is 39.0 Å². The second kappa shape index (κ2) is 7.98. The number of benzene rings is 1. The Labute approximate surface area is 125 Å². The van der Waals surface area contributed by atoms with Crippen molar-refractivity contribution in [2.24, 2.45) is 0 Å². The first kappa shape index (κ1) is 15.8. The summed E-state index contributed by atoms with van der Waals surface area (Å²) in [7, 11) is 0. The Balaban J connectivity index is 1.70. The van der Waals surface area contributed by atoms with Gasteiger partial charge in [0.25, 0.3) is 0 Å². The number of hydrogen-bond donors (Lipinski definition) is 3. The van der Waals surface area contributed by atoms with Gasteiger partial charge in [-0.15, -0.1) is 0 Å². The van der Waals surface area contributed by atoms with E-state index in [0.717, 1.165) is 38.6 Å². The lowest BCUT2D eigenvalue weighted by Gasteiger charge is -2.29. The molecule has 0 atom stereocenters. The number of hydrogen-bond acceptors (Lipinski definition) is 2. The number of nitrogens with one attached hydrogen (secondary N) is 3. The second-order valence-electron chi connectivity index (χ2n) is 5.61. The molecule has 1 aliphatic rings. The van der Waals surface area contributed by atoms with Gasteiger partial charge in [-0.3, -0.25) is 0 Å². The van der Waals surface area contributed by atoms with Gasteiger partial charge in [-0.25, -0.2) is 9.18 Å². The predicted molar refractivity (Wildman–Crippen MR) is 82.9 cm³/mol. The van der Waals surface area contributed by atoms with Crippen LogP contribution >= 0.6 is 0 Å². The topological polar surface area (TPSA) is 53.2 Å². The van der Waals surface area contributed by atoms with Gasteiger partial charge in [0.15, 0.2) is 0 Å². The number of amides is 2. The van der Waals surface area contributed by atoms with Gasteiger partial charge >= 0.3 is 6.03 Å². The van der Waals surface area contributed by atoms with Crippen LogP contribution in [0.25, 0.3) is 0 Å². The van der Waals surface area contributed by atoms with Crippen molar-refractivity contribution in [3.63, 3.8) is 0 Å². The molecular formula is C16H24FN3O. The number of anilines is 1. The monoisotopic (exact) mass is 293 g/mol. The lowest BCUT2D eigenvalue weighted by Crippen LogP contribution is -2.43. The lowest BCUT2D eigenvalue weighted by atomic mass is 9.91. The molecule has 1 aromatic carbocycles. The maximum Gasteiger partial charge on any atom is 0.319 e. The highest BCUT2D eigenvalue weighted by molar-refractivity contribution is 5.89. The molecule has 0 spiro atoms. The molecule has 1 saturated carbocycles. The van der Waals surface area contributed by atoms with E-state index in [4.69, 9.17) is 0 Å². The highest BCUT2D eigenvalue weighted by atomic mass is 19.1. The van der Waals surface area contributed by atoms with Crippen LogP contribution < -0.4 is 16.0 Å². The first-order valence-corrected chi connectivity index (χ1v) is 7.74. The largest absolute Gasteiger partial charge is 0.335 e. The van der Waals surface area contributed by atoms with Crippen molar-refractivity contribution in [2.45, 2.75) is 51.1 Å². The fourth-order valence-corrected chi connectivity index (χ4v) is 2.68. The number of carbonyl (C=O) groups is 1. The van der Waals surface area contributed by atoms with E-state index in [2.05, 4.69) is 22.9 Å². The Morgan fingerprint density at radius 3 is 2.38 bits per heavy atom. The van der Waals surface area contributed by atoms with Gasteiger partial charge in [0.2, 0.25) is 0 Å².